The first-order valence-electron chi connectivity index (χ1n) is 13.0. The number of carbonyl (C=O) groups is 1. The first-order valence-corrected chi connectivity index (χ1v) is 14.7. The smallest absolute Gasteiger partial charge is 0.305 e. The van der Waals surface area contributed by atoms with Crippen LogP contribution in [-0.4, -0.2) is 29.8 Å². The molecule has 4 aliphatic carbocycles. The normalized spacial score (nSPS) is 44.0. The third-order valence-corrected chi connectivity index (χ3v) is 11.9. The van der Waals surface area contributed by atoms with Crippen molar-refractivity contribution in [2.45, 2.75) is 97.5 Å². The third-order valence-electron chi connectivity index (χ3n) is 10.8. The minimum absolute atomic E-state index is 0.0515. The number of thiocarbonyl (C=S) groups is 1. The maximum absolute atomic E-state index is 11.7. The molecule has 4 aliphatic rings. The van der Waals surface area contributed by atoms with E-state index in [-0.39, 0.29) is 5.97 Å². The van der Waals surface area contributed by atoms with Crippen LogP contribution in [0.15, 0.2) is 0 Å². The monoisotopic (exact) mass is 480 g/mol. The number of hydrogen-bond donors (Lipinski definition) is 0. The van der Waals surface area contributed by atoms with E-state index in [2.05, 4.69) is 20.8 Å². The Balaban J connectivity index is 1.43. The average Bonchev–Trinajstić information content (AvgIpc) is 3.14. The van der Waals surface area contributed by atoms with E-state index >= 15 is 0 Å². The number of carbonyl (C=O) groups excluding carboxylic acids is 1. The highest BCUT2D eigenvalue weighted by Gasteiger charge is 2.60. The highest BCUT2D eigenvalue weighted by molar-refractivity contribution is 8.22. The fraction of sp³-hybridized carbons (Fsp3) is 0.926. The van der Waals surface area contributed by atoms with Crippen LogP contribution in [0.2, 0.25) is 0 Å². The Labute approximate surface area is 205 Å². The fourth-order valence-electron chi connectivity index (χ4n) is 9.13. The Bertz CT molecular complexity index is 711. The minimum Gasteiger partial charge on any atom is -0.475 e. The lowest BCUT2D eigenvalue weighted by Crippen LogP contribution is -2.54. The zero-order valence-electron chi connectivity index (χ0n) is 20.9. The van der Waals surface area contributed by atoms with Gasteiger partial charge in [-0.15, -0.1) is 0 Å². The predicted octanol–water partition coefficient (Wildman–Crippen LogP) is 7.27. The fourth-order valence-corrected chi connectivity index (χ4v) is 9.50. The van der Waals surface area contributed by atoms with Gasteiger partial charge in [0.05, 0.1) is 7.11 Å². The molecule has 0 aliphatic heterocycles. The van der Waals surface area contributed by atoms with E-state index in [1.165, 1.54) is 64.9 Å². The van der Waals surface area contributed by atoms with Gasteiger partial charge in [-0.2, -0.15) is 0 Å². The Morgan fingerprint density at radius 3 is 2.50 bits per heavy atom. The summed E-state index contributed by atoms with van der Waals surface area (Å²) in [5.74, 6) is 4.79. The Morgan fingerprint density at radius 1 is 1.06 bits per heavy atom. The summed E-state index contributed by atoms with van der Waals surface area (Å²) in [6.07, 6.45) is 15.9. The van der Waals surface area contributed by atoms with Gasteiger partial charge in [0, 0.05) is 6.42 Å². The Hall–Kier alpha value is -0.290. The summed E-state index contributed by atoms with van der Waals surface area (Å²) in [5.41, 5.74) is 0.949. The van der Waals surface area contributed by atoms with E-state index in [1.54, 1.807) is 11.8 Å². The van der Waals surface area contributed by atoms with Crippen molar-refractivity contribution < 1.29 is 14.3 Å². The van der Waals surface area contributed by atoms with Crippen LogP contribution in [0.5, 0.6) is 0 Å². The van der Waals surface area contributed by atoms with Crippen molar-refractivity contribution in [3.63, 3.8) is 0 Å². The van der Waals surface area contributed by atoms with Gasteiger partial charge in [0.25, 0.3) is 0 Å². The molecule has 0 N–H and O–H groups in total. The van der Waals surface area contributed by atoms with Crippen molar-refractivity contribution in [1.82, 2.24) is 0 Å². The van der Waals surface area contributed by atoms with Crippen LogP contribution in [0.3, 0.4) is 0 Å². The van der Waals surface area contributed by atoms with E-state index < -0.39 is 0 Å². The lowest BCUT2D eigenvalue weighted by Gasteiger charge is -2.61. The topological polar surface area (TPSA) is 35.5 Å². The molecule has 4 saturated carbocycles. The van der Waals surface area contributed by atoms with Crippen molar-refractivity contribution in [2.24, 2.45) is 46.3 Å². The molecule has 4 fully saturated rings. The number of esters is 1. The van der Waals surface area contributed by atoms with E-state index in [0.717, 1.165) is 40.4 Å². The van der Waals surface area contributed by atoms with Crippen molar-refractivity contribution >= 4 is 34.3 Å². The van der Waals surface area contributed by atoms with Gasteiger partial charge in [0.2, 0.25) is 4.38 Å². The van der Waals surface area contributed by atoms with Crippen LogP contribution in [0, 0.1) is 46.3 Å². The summed E-state index contributed by atoms with van der Waals surface area (Å²) < 4.78 is 11.7. The van der Waals surface area contributed by atoms with Gasteiger partial charge in [-0.05, 0) is 129 Å². The second-order valence-electron chi connectivity index (χ2n) is 11.9. The number of thioether (sulfide) groups is 1. The molecule has 5 heteroatoms. The molecule has 182 valence electrons. The predicted molar refractivity (Wildman–Crippen MR) is 137 cm³/mol. The molecule has 0 amide bonds. The lowest BCUT2D eigenvalue weighted by atomic mass is 9.44. The molecule has 0 aromatic rings. The van der Waals surface area contributed by atoms with Crippen LogP contribution in [0.1, 0.15) is 91.4 Å². The average molecular weight is 481 g/mol. The van der Waals surface area contributed by atoms with Crippen molar-refractivity contribution in [3.05, 3.63) is 0 Å². The Kier molecular flexibility index (Phi) is 7.57. The molecule has 0 aromatic carbocycles. The molecule has 0 aromatic heterocycles. The number of hydrogen-bond acceptors (Lipinski definition) is 5. The summed E-state index contributed by atoms with van der Waals surface area (Å²) in [6, 6.07) is 0. The van der Waals surface area contributed by atoms with Crippen molar-refractivity contribution in [1.29, 1.82) is 0 Å². The number of methoxy groups -OCH3 is 1. The van der Waals surface area contributed by atoms with Gasteiger partial charge in [0.15, 0.2) is 0 Å². The molecule has 4 rings (SSSR count). The van der Waals surface area contributed by atoms with E-state index in [0.29, 0.717) is 29.3 Å². The standard InChI is InChI=1S/C27H44O3S2/c1-17(6-11-24(28)29-4)21-9-10-22-20-8-7-18-16-19(30-25(31)32-5)12-14-26(18,2)23(20)13-15-27(21,22)3/h17-23H,6-16H2,1-5H3/t17-,18-,19-,20+,21-,22+,23+,26+,27-/m1/s1. The van der Waals surface area contributed by atoms with Crippen molar-refractivity contribution in [2.75, 3.05) is 13.4 Å². The van der Waals surface area contributed by atoms with Gasteiger partial charge >= 0.3 is 5.97 Å². The molecule has 9 atom stereocenters. The molecule has 0 saturated heterocycles. The van der Waals surface area contributed by atoms with Crippen LogP contribution < -0.4 is 0 Å². The number of fused-ring (bicyclic) bond motifs is 5. The maximum atomic E-state index is 11.7. The first-order chi connectivity index (χ1) is 15.2. The summed E-state index contributed by atoms with van der Waals surface area (Å²) >= 11 is 6.92. The van der Waals surface area contributed by atoms with Gasteiger partial charge in [-0.3, -0.25) is 4.79 Å². The maximum Gasteiger partial charge on any atom is 0.305 e. The molecular weight excluding hydrogens is 436 g/mol. The first kappa shape index (κ1) is 24.8. The zero-order chi connectivity index (χ0) is 23.1. The zero-order valence-corrected chi connectivity index (χ0v) is 22.5. The van der Waals surface area contributed by atoms with Gasteiger partial charge in [0.1, 0.15) is 6.10 Å². The molecule has 0 unspecified atom stereocenters. The molecule has 3 nitrogen and oxygen atoms in total. The number of ether oxygens (including phenoxy) is 2. The van der Waals surface area contributed by atoms with Crippen molar-refractivity contribution in [3.8, 4) is 0 Å². The molecule has 32 heavy (non-hydrogen) atoms. The van der Waals surface area contributed by atoms with E-state index in [4.69, 9.17) is 21.7 Å². The third kappa shape index (κ3) is 4.39. The molecular formula is C27H44O3S2. The van der Waals surface area contributed by atoms with Gasteiger partial charge < -0.3 is 9.47 Å². The second-order valence-corrected chi connectivity index (χ2v) is 13.4. The van der Waals surface area contributed by atoms with Crippen LogP contribution in [-0.2, 0) is 14.3 Å². The van der Waals surface area contributed by atoms with E-state index in [1.807, 2.05) is 6.26 Å². The summed E-state index contributed by atoms with van der Waals surface area (Å²) in [5, 5.41) is 0. The van der Waals surface area contributed by atoms with Gasteiger partial charge in [-0.25, -0.2) is 0 Å². The van der Waals surface area contributed by atoms with Crippen LogP contribution >= 0.6 is 24.0 Å². The summed E-state index contributed by atoms with van der Waals surface area (Å²) in [7, 11) is 1.51. The van der Waals surface area contributed by atoms with Gasteiger partial charge in [-0.1, -0.05) is 32.5 Å². The largest absolute Gasteiger partial charge is 0.475 e. The summed E-state index contributed by atoms with van der Waals surface area (Å²) in [6.45, 7) is 7.64. The highest BCUT2D eigenvalue weighted by atomic mass is 32.2. The Morgan fingerprint density at radius 2 is 1.78 bits per heavy atom. The van der Waals surface area contributed by atoms with Crippen LogP contribution in [0.25, 0.3) is 0 Å². The quantitative estimate of drug-likeness (QED) is 0.305. The molecule has 0 radical (unpaired) electrons. The van der Waals surface area contributed by atoms with Crippen LogP contribution in [0.4, 0.5) is 0 Å². The molecule has 0 bridgehead atoms. The SMILES string of the molecule is COC(=O)CC[C@@H](C)[C@H]1CC[C@H]2[C@@H]3CC[C@@H]4C[C@H](OC(=S)SC)CC[C@]4(C)[C@H]3CC[C@]12C. The summed E-state index contributed by atoms with van der Waals surface area (Å²) in [4.78, 5) is 11.7. The van der Waals surface area contributed by atoms with E-state index in [9.17, 15) is 4.79 Å². The minimum atomic E-state index is -0.0515. The highest BCUT2D eigenvalue weighted by Crippen LogP contribution is 2.68. The number of rotatable bonds is 5. The molecule has 0 heterocycles. The lowest BCUT2D eigenvalue weighted by molar-refractivity contribution is -0.141. The molecule has 0 spiro atoms. The second kappa shape index (κ2) is 9.76.